The quantitative estimate of drug-likeness (QED) is 0.210. The highest BCUT2D eigenvalue weighted by Crippen LogP contribution is 2.57. The number of anilines is 1. The van der Waals surface area contributed by atoms with Gasteiger partial charge in [0.15, 0.2) is 23.4 Å². The molecule has 262 valence electrons. The minimum absolute atomic E-state index is 0.0189. The van der Waals surface area contributed by atoms with Crippen molar-refractivity contribution in [3.8, 4) is 11.6 Å². The number of hydrogen-bond acceptors (Lipinski definition) is 11. The maximum absolute atomic E-state index is 14.8. The molecule has 4 aromatic rings. The zero-order valence-electron chi connectivity index (χ0n) is 28.5. The lowest BCUT2D eigenvalue weighted by Gasteiger charge is -2.49. The van der Waals surface area contributed by atoms with Gasteiger partial charge < -0.3 is 29.1 Å². The number of aldehydes is 1. The van der Waals surface area contributed by atoms with Gasteiger partial charge in [-0.05, 0) is 73.6 Å². The number of hydrogen-bond donors (Lipinski definition) is 2. The molecule has 2 heterocycles. The Morgan fingerprint density at radius 1 is 0.980 bits per heavy atom. The second-order valence-electron chi connectivity index (χ2n) is 14.1. The van der Waals surface area contributed by atoms with Crippen LogP contribution in [0.25, 0.3) is 0 Å². The van der Waals surface area contributed by atoms with E-state index in [2.05, 4.69) is 10.1 Å². The normalized spacial score (nSPS) is 23.8. The zero-order valence-corrected chi connectivity index (χ0v) is 28.5. The van der Waals surface area contributed by atoms with Crippen molar-refractivity contribution in [1.29, 1.82) is 0 Å². The molecular formula is C40H39N3O8. The van der Waals surface area contributed by atoms with Gasteiger partial charge in [-0.1, -0.05) is 60.7 Å². The first-order chi connectivity index (χ1) is 24.7. The fourth-order valence-electron chi connectivity index (χ4n) is 8.58. The van der Waals surface area contributed by atoms with E-state index in [9.17, 15) is 24.6 Å². The molecule has 0 spiro atoms. The summed E-state index contributed by atoms with van der Waals surface area (Å²) in [6, 6.07) is 19.8. The lowest BCUT2D eigenvalue weighted by Crippen LogP contribution is -2.59. The number of nitrogens with zero attached hydrogens (tertiary/aromatic N) is 3. The van der Waals surface area contributed by atoms with Gasteiger partial charge in [0.25, 0.3) is 5.88 Å². The molecule has 11 heteroatoms. The number of aliphatic hydroxyl groups is 2. The molecule has 4 atom stereocenters. The number of aromatic nitrogens is 1. The van der Waals surface area contributed by atoms with Crippen molar-refractivity contribution in [2.45, 2.75) is 50.5 Å². The summed E-state index contributed by atoms with van der Waals surface area (Å²) in [7, 11) is 3.60. The number of Topliss-reactive ketones (excluding diaryl/α,β-unsaturated/α-hetero) is 2. The van der Waals surface area contributed by atoms with E-state index in [-0.39, 0.29) is 53.7 Å². The molecule has 1 aliphatic heterocycles. The van der Waals surface area contributed by atoms with E-state index in [4.69, 9.17) is 14.0 Å². The van der Waals surface area contributed by atoms with E-state index >= 15 is 0 Å². The third kappa shape index (κ3) is 5.25. The van der Waals surface area contributed by atoms with Crippen LogP contribution in [0.15, 0.2) is 82.6 Å². The monoisotopic (exact) mass is 689 g/mol. The van der Waals surface area contributed by atoms with E-state index in [0.717, 1.165) is 43.3 Å². The molecular weight excluding hydrogens is 650 g/mol. The van der Waals surface area contributed by atoms with Crippen LogP contribution in [0.1, 0.15) is 78.8 Å². The molecule has 8 rings (SSSR count). The highest BCUT2D eigenvalue weighted by atomic mass is 16.5. The Morgan fingerprint density at radius 3 is 2.25 bits per heavy atom. The summed E-state index contributed by atoms with van der Waals surface area (Å²) in [5, 5.41) is 28.8. The lowest BCUT2D eigenvalue weighted by atomic mass is 9.58. The minimum atomic E-state index is -2.46. The van der Waals surface area contributed by atoms with Crippen LogP contribution in [0, 0.1) is 11.8 Å². The van der Waals surface area contributed by atoms with Gasteiger partial charge in [-0.15, -0.1) is 0 Å². The van der Waals surface area contributed by atoms with Gasteiger partial charge in [0.2, 0.25) is 5.78 Å². The molecule has 0 bridgehead atoms. The SMILES string of the molecule is CN(C)[C@@H]1c2onc(OCc3ccccc3)c2C(=O)[C@@]2(O)C(O)=C3C(=O)c4c(OCc5ccccc5)cc(C=O)c(N5CCCC5)c4C[C@H]3C[C@@H]12. The molecule has 4 aliphatic rings. The molecule has 0 amide bonds. The fourth-order valence-corrected chi connectivity index (χ4v) is 8.58. The lowest BCUT2D eigenvalue weighted by molar-refractivity contribution is -0.0559. The summed E-state index contributed by atoms with van der Waals surface area (Å²) in [6.07, 6.45) is 3.20. The highest BCUT2D eigenvalue weighted by molar-refractivity contribution is 6.17. The summed E-state index contributed by atoms with van der Waals surface area (Å²) in [6.45, 7) is 1.73. The van der Waals surface area contributed by atoms with Crippen molar-refractivity contribution in [2.75, 3.05) is 32.1 Å². The summed E-state index contributed by atoms with van der Waals surface area (Å²) in [4.78, 5) is 45.9. The number of carbonyl (C=O) groups is 3. The predicted octanol–water partition coefficient (Wildman–Crippen LogP) is 5.66. The Balaban J connectivity index is 1.24. The third-order valence-corrected chi connectivity index (χ3v) is 10.9. The number of rotatable bonds is 9. The van der Waals surface area contributed by atoms with Gasteiger partial charge in [0.05, 0.1) is 17.3 Å². The highest BCUT2D eigenvalue weighted by Gasteiger charge is 2.64. The molecule has 0 saturated carbocycles. The van der Waals surface area contributed by atoms with Crippen LogP contribution in [0.5, 0.6) is 11.6 Å². The van der Waals surface area contributed by atoms with Gasteiger partial charge >= 0.3 is 0 Å². The van der Waals surface area contributed by atoms with Crippen LogP contribution in [0.3, 0.4) is 0 Å². The number of ether oxygens (including phenoxy) is 2. The smallest absolute Gasteiger partial charge is 0.265 e. The fraction of sp³-hybridized carbons (Fsp3) is 0.350. The van der Waals surface area contributed by atoms with Crippen LogP contribution in [-0.4, -0.2) is 70.9 Å². The van der Waals surface area contributed by atoms with E-state index in [0.29, 0.717) is 23.2 Å². The summed E-state index contributed by atoms with van der Waals surface area (Å²) in [5.74, 6) is -3.12. The molecule has 1 saturated heterocycles. The van der Waals surface area contributed by atoms with Crippen LogP contribution in [-0.2, 0) is 19.6 Å². The molecule has 3 aliphatic carbocycles. The average Bonchev–Trinajstić information content (AvgIpc) is 3.82. The molecule has 11 nitrogen and oxygen atoms in total. The van der Waals surface area contributed by atoms with Gasteiger partial charge in [-0.2, -0.15) is 0 Å². The van der Waals surface area contributed by atoms with Crippen LogP contribution >= 0.6 is 0 Å². The number of allylic oxidation sites excluding steroid dienone is 1. The third-order valence-electron chi connectivity index (χ3n) is 10.9. The molecule has 0 radical (unpaired) electrons. The Morgan fingerprint density at radius 2 is 1.63 bits per heavy atom. The average molecular weight is 690 g/mol. The minimum Gasteiger partial charge on any atom is -0.508 e. The Kier molecular flexibility index (Phi) is 8.27. The summed E-state index contributed by atoms with van der Waals surface area (Å²) < 4.78 is 18.0. The predicted molar refractivity (Wildman–Crippen MR) is 186 cm³/mol. The largest absolute Gasteiger partial charge is 0.508 e. The standard InChI is InChI=1S/C40H39N3O8/c1-42(2)34-28-18-25-17-27-31(29(49-21-23-11-5-3-6-12-23)19-26(20-44)33(27)43-15-9-10-16-43)35(45)30(25)37(46)40(28,48)38(47)32-36(34)51-41-39(32)50-22-24-13-7-4-8-14-24/h3-8,11-14,19-20,25,28,34,46,48H,9-10,15-18,21-22H2,1-2H3/t25-,28-,34-,40-/m0/s1. The van der Waals surface area contributed by atoms with Crippen LogP contribution in [0.4, 0.5) is 5.69 Å². The Hall–Kier alpha value is -5.26. The number of aliphatic hydroxyl groups excluding tert-OH is 1. The first-order valence-electron chi connectivity index (χ1n) is 17.4. The van der Waals surface area contributed by atoms with E-state index in [1.54, 1.807) is 20.2 Å². The second-order valence-corrected chi connectivity index (χ2v) is 14.1. The molecule has 1 fully saturated rings. The van der Waals surface area contributed by atoms with Gasteiger partial charge in [0.1, 0.15) is 30.3 Å². The molecule has 1 aromatic heterocycles. The van der Waals surface area contributed by atoms with Gasteiger partial charge in [-0.3, -0.25) is 19.3 Å². The van der Waals surface area contributed by atoms with Crippen LogP contribution < -0.4 is 14.4 Å². The number of ketones is 2. The first-order valence-corrected chi connectivity index (χ1v) is 17.4. The van der Waals surface area contributed by atoms with Gasteiger partial charge in [-0.25, -0.2) is 0 Å². The number of fused-ring (bicyclic) bond motifs is 4. The molecule has 2 N–H and O–H groups in total. The second kappa shape index (κ2) is 12.8. The topological polar surface area (TPSA) is 143 Å². The van der Waals surface area contributed by atoms with Crippen molar-refractivity contribution in [3.05, 3.63) is 117 Å². The van der Waals surface area contributed by atoms with E-state index < -0.39 is 40.8 Å². The zero-order chi connectivity index (χ0) is 35.4. The van der Waals surface area contributed by atoms with E-state index in [1.807, 2.05) is 65.6 Å². The van der Waals surface area contributed by atoms with Crippen molar-refractivity contribution in [1.82, 2.24) is 10.1 Å². The Bertz CT molecular complexity index is 2050. The first kappa shape index (κ1) is 32.9. The Labute approximate surface area is 295 Å². The van der Waals surface area contributed by atoms with Crippen molar-refractivity contribution in [2.24, 2.45) is 11.8 Å². The summed E-state index contributed by atoms with van der Waals surface area (Å²) in [5.41, 5.74) is 1.24. The van der Waals surface area contributed by atoms with Crippen LogP contribution in [0.2, 0.25) is 0 Å². The summed E-state index contributed by atoms with van der Waals surface area (Å²) >= 11 is 0. The van der Waals surface area contributed by atoms with Crippen molar-refractivity contribution < 1.29 is 38.6 Å². The maximum Gasteiger partial charge on any atom is 0.265 e. The molecule has 51 heavy (non-hydrogen) atoms. The number of benzene rings is 3. The van der Waals surface area contributed by atoms with Crippen molar-refractivity contribution >= 4 is 23.5 Å². The molecule has 3 aromatic carbocycles. The maximum atomic E-state index is 14.8. The van der Waals surface area contributed by atoms with Gasteiger partial charge in [0, 0.05) is 30.1 Å². The number of carbonyl (C=O) groups excluding carboxylic acids is 3. The van der Waals surface area contributed by atoms with Crippen molar-refractivity contribution in [3.63, 3.8) is 0 Å². The van der Waals surface area contributed by atoms with E-state index in [1.165, 1.54) is 0 Å². The molecule has 0 unspecified atom stereocenters.